The molecule has 4 heteroatoms. The van der Waals surface area contributed by atoms with Crippen molar-refractivity contribution in [3.8, 4) is 5.88 Å². The third-order valence-corrected chi connectivity index (χ3v) is 2.72. The van der Waals surface area contributed by atoms with Crippen molar-refractivity contribution < 1.29 is 4.74 Å². The molecule has 1 N–H and O–H groups in total. The number of rotatable bonds is 5. The van der Waals surface area contributed by atoms with Gasteiger partial charge >= 0.3 is 0 Å². The number of aromatic nitrogens is 2. The van der Waals surface area contributed by atoms with Crippen LogP contribution in [0, 0.1) is 6.92 Å². The van der Waals surface area contributed by atoms with Gasteiger partial charge in [-0.05, 0) is 25.1 Å². The second kappa shape index (κ2) is 5.69. The van der Waals surface area contributed by atoms with Gasteiger partial charge in [0.05, 0.1) is 5.69 Å². The van der Waals surface area contributed by atoms with Crippen LogP contribution in [0.1, 0.15) is 16.8 Å². The molecule has 1 aromatic heterocycles. The van der Waals surface area contributed by atoms with Crippen LogP contribution in [0.4, 0.5) is 0 Å². The number of nitrogens with zero attached hydrogens (tertiary/aromatic N) is 2. The third-order valence-electron chi connectivity index (χ3n) is 2.72. The molecule has 1 heterocycles. The van der Waals surface area contributed by atoms with Gasteiger partial charge in [-0.25, -0.2) is 4.68 Å². The molecule has 0 fully saturated rings. The van der Waals surface area contributed by atoms with E-state index < -0.39 is 0 Å². The third kappa shape index (κ3) is 3.11. The van der Waals surface area contributed by atoms with Gasteiger partial charge < -0.3 is 10.1 Å². The van der Waals surface area contributed by atoms with Gasteiger partial charge in [0.15, 0.2) is 0 Å². The number of nitrogens with one attached hydrogen (secondary N) is 1. The van der Waals surface area contributed by atoms with Crippen molar-refractivity contribution in [1.29, 1.82) is 0 Å². The summed E-state index contributed by atoms with van der Waals surface area (Å²) in [7, 11) is 3.83. The first-order chi connectivity index (χ1) is 8.69. The molecule has 0 saturated carbocycles. The molecule has 0 aliphatic rings. The summed E-state index contributed by atoms with van der Waals surface area (Å²) in [5.74, 6) is 0.798. The topological polar surface area (TPSA) is 39.1 Å². The molecule has 0 spiro atoms. The van der Waals surface area contributed by atoms with Crippen molar-refractivity contribution in [2.45, 2.75) is 20.1 Å². The molecule has 18 heavy (non-hydrogen) atoms. The average molecular weight is 245 g/mol. The van der Waals surface area contributed by atoms with Crippen LogP contribution in [0.3, 0.4) is 0 Å². The molecule has 0 amide bonds. The Kier molecular flexibility index (Phi) is 3.99. The minimum absolute atomic E-state index is 0.566. The van der Waals surface area contributed by atoms with Gasteiger partial charge in [0.25, 0.3) is 0 Å². The Morgan fingerprint density at radius 3 is 2.72 bits per heavy atom. The molecule has 0 atom stereocenters. The predicted octanol–water partition coefficient (Wildman–Crippen LogP) is 2.03. The van der Waals surface area contributed by atoms with Gasteiger partial charge in [0.1, 0.15) is 6.61 Å². The van der Waals surface area contributed by atoms with Crippen LogP contribution in [0.25, 0.3) is 0 Å². The highest BCUT2D eigenvalue weighted by Gasteiger charge is 2.03. The lowest BCUT2D eigenvalue weighted by Crippen LogP contribution is -2.06. The number of aryl methyl sites for hydroxylation is 2. The lowest BCUT2D eigenvalue weighted by Gasteiger charge is -2.07. The highest BCUT2D eigenvalue weighted by Crippen LogP contribution is 2.14. The van der Waals surface area contributed by atoms with E-state index in [1.807, 2.05) is 27.1 Å². The van der Waals surface area contributed by atoms with Crippen molar-refractivity contribution in [2.75, 3.05) is 7.05 Å². The molecule has 0 aliphatic heterocycles. The Balaban J connectivity index is 2.01. The first kappa shape index (κ1) is 12.6. The second-order valence-corrected chi connectivity index (χ2v) is 4.39. The number of hydrogen-bond donors (Lipinski definition) is 1. The SMILES string of the molecule is CNCc1cccc(COc2cc(C)nn2C)c1. The van der Waals surface area contributed by atoms with Crippen LogP contribution >= 0.6 is 0 Å². The van der Waals surface area contributed by atoms with E-state index in [-0.39, 0.29) is 0 Å². The molecular formula is C14H19N3O. The Hall–Kier alpha value is -1.81. The molecule has 4 nitrogen and oxygen atoms in total. The normalized spacial score (nSPS) is 10.6. The fourth-order valence-corrected chi connectivity index (χ4v) is 1.91. The smallest absolute Gasteiger partial charge is 0.212 e. The fourth-order valence-electron chi connectivity index (χ4n) is 1.91. The van der Waals surface area contributed by atoms with Crippen LogP contribution in [-0.4, -0.2) is 16.8 Å². The molecule has 0 aliphatic carbocycles. The lowest BCUT2D eigenvalue weighted by atomic mass is 10.1. The zero-order valence-electron chi connectivity index (χ0n) is 11.1. The zero-order valence-corrected chi connectivity index (χ0v) is 11.1. The van der Waals surface area contributed by atoms with E-state index in [0.29, 0.717) is 6.61 Å². The van der Waals surface area contributed by atoms with Crippen molar-refractivity contribution in [3.05, 3.63) is 47.2 Å². The summed E-state index contributed by atoms with van der Waals surface area (Å²) >= 11 is 0. The minimum Gasteiger partial charge on any atom is -0.473 e. The average Bonchev–Trinajstić information content (AvgIpc) is 2.66. The summed E-state index contributed by atoms with van der Waals surface area (Å²) < 4.78 is 7.51. The minimum atomic E-state index is 0.566. The maximum atomic E-state index is 5.76. The molecule has 1 aromatic carbocycles. The monoisotopic (exact) mass is 245 g/mol. The van der Waals surface area contributed by atoms with Crippen molar-refractivity contribution in [3.63, 3.8) is 0 Å². The van der Waals surface area contributed by atoms with Crippen LogP contribution < -0.4 is 10.1 Å². The zero-order chi connectivity index (χ0) is 13.0. The van der Waals surface area contributed by atoms with Gasteiger partial charge in [-0.1, -0.05) is 24.3 Å². The summed E-state index contributed by atoms with van der Waals surface area (Å²) in [5.41, 5.74) is 3.40. The summed E-state index contributed by atoms with van der Waals surface area (Å²) in [4.78, 5) is 0. The Bertz CT molecular complexity index is 520. The summed E-state index contributed by atoms with van der Waals surface area (Å²) in [6.45, 7) is 3.40. The largest absolute Gasteiger partial charge is 0.473 e. The van der Waals surface area contributed by atoms with Gasteiger partial charge in [-0.15, -0.1) is 0 Å². The first-order valence-corrected chi connectivity index (χ1v) is 6.05. The maximum Gasteiger partial charge on any atom is 0.212 e. The Labute approximate surface area is 108 Å². The molecule has 0 saturated heterocycles. The van der Waals surface area contributed by atoms with E-state index in [9.17, 15) is 0 Å². The van der Waals surface area contributed by atoms with Gasteiger partial charge in [-0.2, -0.15) is 5.10 Å². The molecule has 0 radical (unpaired) electrons. The molecule has 2 rings (SSSR count). The van der Waals surface area contributed by atoms with E-state index in [2.05, 4.69) is 34.7 Å². The predicted molar refractivity (Wildman–Crippen MR) is 71.5 cm³/mol. The van der Waals surface area contributed by atoms with Crippen LogP contribution in [-0.2, 0) is 20.2 Å². The summed E-state index contributed by atoms with van der Waals surface area (Å²) in [6.07, 6.45) is 0. The van der Waals surface area contributed by atoms with E-state index in [1.165, 1.54) is 11.1 Å². The van der Waals surface area contributed by atoms with E-state index in [1.54, 1.807) is 4.68 Å². The fraction of sp³-hybridized carbons (Fsp3) is 0.357. The highest BCUT2D eigenvalue weighted by atomic mass is 16.5. The maximum absolute atomic E-state index is 5.76. The molecular weight excluding hydrogens is 226 g/mol. The number of benzene rings is 1. The second-order valence-electron chi connectivity index (χ2n) is 4.39. The van der Waals surface area contributed by atoms with Crippen molar-refractivity contribution >= 4 is 0 Å². The van der Waals surface area contributed by atoms with Crippen molar-refractivity contribution in [1.82, 2.24) is 15.1 Å². The first-order valence-electron chi connectivity index (χ1n) is 6.05. The van der Waals surface area contributed by atoms with Gasteiger partial charge in [-0.3, -0.25) is 0 Å². The summed E-state index contributed by atoms with van der Waals surface area (Å²) in [5, 5.41) is 7.39. The van der Waals surface area contributed by atoms with Crippen molar-refractivity contribution in [2.24, 2.45) is 7.05 Å². The molecule has 96 valence electrons. The van der Waals surface area contributed by atoms with E-state index >= 15 is 0 Å². The van der Waals surface area contributed by atoms with E-state index in [4.69, 9.17) is 4.74 Å². The number of ether oxygens (including phenoxy) is 1. The van der Waals surface area contributed by atoms with Crippen LogP contribution in [0.2, 0.25) is 0 Å². The number of hydrogen-bond acceptors (Lipinski definition) is 3. The Morgan fingerprint density at radius 1 is 1.28 bits per heavy atom. The molecule has 2 aromatic rings. The lowest BCUT2D eigenvalue weighted by molar-refractivity contribution is 0.278. The van der Waals surface area contributed by atoms with Crippen LogP contribution in [0.5, 0.6) is 5.88 Å². The van der Waals surface area contributed by atoms with Crippen LogP contribution in [0.15, 0.2) is 30.3 Å². The van der Waals surface area contributed by atoms with Gasteiger partial charge in [0, 0.05) is 19.7 Å². The highest BCUT2D eigenvalue weighted by molar-refractivity contribution is 5.23. The summed E-state index contributed by atoms with van der Waals surface area (Å²) in [6, 6.07) is 10.3. The quantitative estimate of drug-likeness (QED) is 0.876. The standard InChI is InChI=1S/C14H19N3O/c1-11-7-14(17(3)16-11)18-10-13-6-4-5-12(8-13)9-15-2/h4-8,15H,9-10H2,1-3H3. The van der Waals surface area contributed by atoms with E-state index in [0.717, 1.165) is 18.1 Å². The Morgan fingerprint density at radius 2 is 2.06 bits per heavy atom. The van der Waals surface area contributed by atoms with Gasteiger partial charge in [0.2, 0.25) is 5.88 Å². The molecule has 0 bridgehead atoms. The molecule has 0 unspecified atom stereocenters.